The molecule has 5 nitrogen and oxygen atoms in total. The second-order valence-electron chi connectivity index (χ2n) is 9.36. The molecule has 1 aromatic carbocycles. The first-order valence-electron chi connectivity index (χ1n) is 10.7. The van der Waals surface area contributed by atoms with Gasteiger partial charge in [0.05, 0.1) is 5.69 Å². The van der Waals surface area contributed by atoms with E-state index in [9.17, 15) is 4.79 Å². The lowest BCUT2D eigenvalue weighted by molar-refractivity contribution is -0.0101. The first kappa shape index (κ1) is 16.5. The molecule has 0 amide bonds. The molecule has 144 valence electrons. The van der Waals surface area contributed by atoms with Gasteiger partial charge in [-0.25, -0.2) is 9.50 Å². The number of nitrogens with zero attached hydrogens (tertiary/aromatic N) is 3. The number of aromatic nitrogens is 4. The van der Waals surface area contributed by atoms with Crippen molar-refractivity contribution in [3.05, 3.63) is 52.2 Å². The molecule has 0 atom stereocenters. The summed E-state index contributed by atoms with van der Waals surface area (Å²) in [7, 11) is 0. The normalized spacial score (nSPS) is 31.0. The highest BCUT2D eigenvalue weighted by Gasteiger charge is 2.53. The summed E-state index contributed by atoms with van der Waals surface area (Å²) in [5.74, 6) is 4.18. The molecule has 0 spiro atoms. The van der Waals surface area contributed by atoms with Crippen LogP contribution in [0.1, 0.15) is 57.0 Å². The Hall–Kier alpha value is -2.43. The van der Waals surface area contributed by atoms with Crippen molar-refractivity contribution in [2.24, 2.45) is 17.8 Å². The van der Waals surface area contributed by atoms with Gasteiger partial charge >= 0.3 is 0 Å². The van der Waals surface area contributed by atoms with Crippen LogP contribution in [0.25, 0.3) is 16.9 Å². The van der Waals surface area contributed by atoms with E-state index in [0.29, 0.717) is 11.3 Å². The number of rotatable bonds is 3. The number of fused-ring (bicyclic) bond motifs is 1. The van der Waals surface area contributed by atoms with Crippen molar-refractivity contribution >= 4 is 5.52 Å². The maximum atomic E-state index is 13.0. The molecule has 0 unspecified atom stereocenters. The van der Waals surface area contributed by atoms with Gasteiger partial charge in [0, 0.05) is 11.0 Å². The Bertz CT molecular complexity index is 1080. The van der Waals surface area contributed by atoms with E-state index < -0.39 is 0 Å². The van der Waals surface area contributed by atoms with Crippen LogP contribution in [0.4, 0.5) is 0 Å². The molecular weight excluding hydrogens is 348 g/mol. The lowest BCUT2D eigenvalue weighted by atomic mass is 9.49. The Morgan fingerprint density at radius 1 is 1.07 bits per heavy atom. The number of imidazole rings is 1. The van der Waals surface area contributed by atoms with Gasteiger partial charge in [0.1, 0.15) is 5.82 Å². The van der Waals surface area contributed by atoms with Gasteiger partial charge in [-0.1, -0.05) is 37.3 Å². The van der Waals surface area contributed by atoms with E-state index in [1.165, 1.54) is 38.5 Å². The average Bonchev–Trinajstić information content (AvgIpc) is 3.08. The lowest BCUT2D eigenvalue weighted by Gasteiger charge is -2.56. The lowest BCUT2D eigenvalue weighted by Crippen LogP contribution is -2.49. The van der Waals surface area contributed by atoms with Crippen molar-refractivity contribution < 1.29 is 0 Å². The van der Waals surface area contributed by atoms with Crippen LogP contribution < -0.4 is 5.56 Å². The summed E-state index contributed by atoms with van der Waals surface area (Å²) in [4.78, 5) is 21.1. The van der Waals surface area contributed by atoms with Gasteiger partial charge in [-0.3, -0.25) is 4.79 Å². The van der Waals surface area contributed by atoms with Crippen LogP contribution in [-0.2, 0) is 11.8 Å². The summed E-state index contributed by atoms with van der Waals surface area (Å²) in [6.07, 6.45) is 8.60. The summed E-state index contributed by atoms with van der Waals surface area (Å²) >= 11 is 0. The summed E-state index contributed by atoms with van der Waals surface area (Å²) < 4.78 is 1.92. The molecule has 3 aromatic rings. The van der Waals surface area contributed by atoms with Crippen LogP contribution in [0.3, 0.4) is 0 Å². The monoisotopic (exact) mass is 374 g/mol. The van der Waals surface area contributed by atoms with Gasteiger partial charge in [-0.2, -0.15) is 0 Å². The van der Waals surface area contributed by atoms with Gasteiger partial charge < -0.3 is 4.98 Å². The number of hydrogen-bond acceptors (Lipinski definition) is 3. The molecule has 5 heteroatoms. The second-order valence-corrected chi connectivity index (χ2v) is 9.36. The number of hydrogen-bond donors (Lipinski definition) is 1. The number of benzene rings is 1. The van der Waals surface area contributed by atoms with Gasteiger partial charge in [0.25, 0.3) is 5.56 Å². The topological polar surface area (TPSA) is 63.1 Å². The predicted octanol–water partition coefficient (Wildman–Crippen LogP) is 4.11. The van der Waals surface area contributed by atoms with Gasteiger partial charge in [-0.15, -0.1) is 5.10 Å². The predicted molar refractivity (Wildman–Crippen MR) is 108 cm³/mol. The molecule has 7 rings (SSSR count). The molecule has 28 heavy (non-hydrogen) atoms. The number of aryl methyl sites for hydroxylation is 1. The molecular formula is C23H26N4O. The summed E-state index contributed by atoms with van der Waals surface area (Å²) in [5, 5.41) is 4.93. The molecule has 2 heterocycles. The van der Waals surface area contributed by atoms with Crippen molar-refractivity contribution in [1.29, 1.82) is 0 Å². The largest absolute Gasteiger partial charge is 0.303 e. The summed E-state index contributed by atoms with van der Waals surface area (Å²) in [5.41, 5.74) is 2.51. The average molecular weight is 374 g/mol. The summed E-state index contributed by atoms with van der Waals surface area (Å²) in [6, 6.07) is 9.92. The molecule has 4 aliphatic rings. The van der Waals surface area contributed by atoms with Crippen molar-refractivity contribution in [3.63, 3.8) is 0 Å². The van der Waals surface area contributed by atoms with Crippen LogP contribution in [-0.4, -0.2) is 19.6 Å². The second kappa shape index (κ2) is 5.79. The molecule has 4 bridgehead atoms. The SMILES string of the molecule is CCc1nc(C23CC4CC(CC(C4)C2)C3)n2nc(-c3ccccc3)[nH]c(=O)c12. The molecule has 4 saturated carbocycles. The molecule has 4 fully saturated rings. The first-order chi connectivity index (χ1) is 13.6. The number of H-pyrrole nitrogens is 1. The van der Waals surface area contributed by atoms with E-state index in [1.54, 1.807) is 0 Å². The Kier molecular flexibility index (Phi) is 3.41. The van der Waals surface area contributed by atoms with Gasteiger partial charge in [0.2, 0.25) is 0 Å². The van der Waals surface area contributed by atoms with Crippen molar-refractivity contribution in [2.45, 2.75) is 57.3 Å². The van der Waals surface area contributed by atoms with Crippen LogP contribution in [0, 0.1) is 17.8 Å². The number of nitrogens with one attached hydrogen (secondary N) is 1. The quantitative estimate of drug-likeness (QED) is 0.750. The van der Waals surface area contributed by atoms with E-state index in [4.69, 9.17) is 10.1 Å². The molecule has 0 radical (unpaired) electrons. The first-order valence-corrected chi connectivity index (χ1v) is 10.7. The highest BCUT2D eigenvalue weighted by molar-refractivity contribution is 5.58. The molecule has 1 N–H and O–H groups in total. The molecule has 0 aliphatic heterocycles. The third-order valence-corrected chi connectivity index (χ3v) is 7.47. The fourth-order valence-corrected chi connectivity index (χ4v) is 6.77. The maximum absolute atomic E-state index is 13.0. The van der Waals surface area contributed by atoms with Gasteiger partial charge in [-0.05, 0) is 62.7 Å². The zero-order valence-electron chi connectivity index (χ0n) is 16.3. The van der Waals surface area contributed by atoms with E-state index in [0.717, 1.165) is 41.3 Å². The Morgan fingerprint density at radius 3 is 2.32 bits per heavy atom. The highest BCUT2D eigenvalue weighted by Crippen LogP contribution is 2.60. The van der Waals surface area contributed by atoms with Crippen molar-refractivity contribution in [1.82, 2.24) is 19.6 Å². The maximum Gasteiger partial charge on any atom is 0.277 e. The molecule has 2 aromatic heterocycles. The fourth-order valence-electron chi connectivity index (χ4n) is 6.77. The van der Waals surface area contributed by atoms with E-state index in [-0.39, 0.29) is 11.0 Å². The zero-order chi connectivity index (χ0) is 18.9. The van der Waals surface area contributed by atoms with E-state index in [1.807, 2.05) is 34.8 Å². The third kappa shape index (κ3) is 2.28. The number of aromatic amines is 1. The molecule has 0 saturated heterocycles. The Balaban J connectivity index is 1.59. The van der Waals surface area contributed by atoms with Crippen LogP contribution in [0.5, 0.6) is 0 Å². The minimum absolute atomic E-state index is 0.0748. The van der Waals surface area contributed by atoms with Crippen LogP contribution in [0.2, 0.25) is 0 Å². The van der Waals surface area contributed by atoms with E-state index >= 15 is 0 Å². The van der Waals surface area contributed by atoms with Crippen LogP contribution in [0.15, 0.2) is 35.1 Å². The minimum Gasteiger partial charge on any atom is -0.303 e. The Morgan fingerprint density at radius 2 is 1.71 bits per heavy atom. The third-order valence-electron chi connectivity index (χ3n) is 7.47. The van der Waals surface area contributed by atoms with Crippen molar-refractivity contribution in [2.75, 3.05) is 0 Å². The van der Waals surface area contributed by atoms with Crippen molar-refractivity contribution in [3.8, 4) is 11.4 Å². The smallest absolute Gasteiger partial charge is 0.277 e. The highest BCUT2D eigenvalue weighted by atomic mass is 16.1. The Labute approximate surface area is 164 Å². The van der Waals surface area contributed by atoms with Gasteiger partial charge in [0.15, 0.2) is 11.3 Å². The molecule has 4 aliphatic carbocycles. The summed E-state index contributed by atoms with van der Waals surface area (Å²) in [6.45, 7) is 2.08. The van der Waals surface area contributed by atoms with Crippen LogP contribution >= 0.6 is 0 Å². The standard InChI is InChI=1S/C23H26N4O/c1-2-18-19-21(28)25-20(17-6-4-3-5-7-17)26-27(19)22(24-18)23-11-14-8-15(12-23)10-16(9-14)13-23/h3-7,14-16H,2,8-13H2,1H3,(H,25,26,28). The zero-order valence-corrected chi connectivity index (χ0v) is 16.3. The minimum atomic E-state index is -0.0748. The fraction of sp³-hybridized carbons (Fsp3) is 0.522. The van der Waals surface area contributed by atoms with E-state index in [2.05, 4.69) is 11.9 Å².